The summed E-state index contributed by atoms with van der Waals surface area (Å²) in [5.74, 6) is 1.86. The van der Waals surface area contributed by atoms with Gasteiger partial charge in [0.1, 0.15) is 11.5 Å². The summed E-state index contributed by atoms with van der Waals surface area (Å²) in [6, 6.07) is 7.81. The zero-order chi connectivity index (χ0) is 19.5. The number of fused-ring (bicyclic) bond motifs is 1. The van der Waals surface area contributed by atoms with E-state index < -0.39 is 0 Å². The summed E-state index contributed by atoms with van der Waals surface area (Å²) in [4.78, 5) is 16.9. The van der Waals surface area contributed by atoms with Crippen molar-refractivity contribution in [2.75, 3.05) is 0 Å². The molecule has 1 unspecified atom stereocenters. The number of hydrogen-bond donors (Lipinski definition) is 1. The fourth-order valence-electron chi connectivity index (χ4n) is 3.54. The van der Waals surface area contributed by atoms with E-state index in [1.54, 1.807) is 11.3 Å². The average molecular weight is 416 g/mol. The average Bonchev–Trinajstić information content (AvgIpc) is 3.24. The number of hydrogen-bond acceptors (Lipinski definition) is 5. The quantitative estimate of drug-likeness (QED) is 0.687. The summed E-state index contributed by atoms with van der Waals surface area (Å²) in [6.45, 7) is 2.77. The van der Waals surface area contributed by atoms with E-state index in [2.05, 4.69) is 25.1 Å². The van der Waals surface area contributed by atoms with Gasteiger partial charge in [0.15, 0.2) is 5.82 Å². The van der Waals surface area contributed by atoms with Crippen LogP contribution in [0, 0.1) is 6.92 Å². The van der Waals surface area contributed by atoms with Gasteiger partial charge in [0.05, 0.1) is 5.01 Å². The maximum atomic E-state index is 12.4. The standard InChI is InChI=1S/C20H22ClN5OS/c1-13-22-17(12-28-13)20-25-24-18-8-7-15(10-11-26(18)20)23-19(27)9-6-14-4-2-3-5-16(14)21/h2-5,12,15H,6-11H2,1H3,(H,23,27). The summed E-state index contributed by atoms with van der Waals surface area (Å²) in [7, 11) is 0. The van der Waals surface area contributed by atoms with Crippen LogP contribution in [0.15, 0.2) is 29.6 Å². The van der Waals surface area contributed by atoms with E-state index >= 15 is 0 Å². The molecule has 1 atom stereocenters. The molecular formula is C20H22ClN5OS. The molecule has 0 aliphatic carbocycles. The first-order chi connectivity index (χ1) is 13.6. The highest BCUT2D eigenvalue weighted by molar-refractivity contribution is 7.09. The van der Waals surface area contributed by atoms with Gasteiger partial charge in [-0.25, -0.2) is 4.98 Å². The van der Waals surface area contributed by atoms with Gasteiger partial charge in [-0.1, -0.05) is 29.8 Å². The van der Waals surface area contributed by atoms with Gasteiger partial charge in [-0.3, -0.25) is 4.79 Å². The molecule has 0 saturated heterocycles. The zero-order valence-corrected chi connectivity index (χ0v) is 17.3. The van der Waals surface area contributed by atoms with Crippen LogP contribution < -0.4 is 5.32 Å². The molecule has 1 N–H and O–H groups in total. The normalized spacial score (nSPS) is 16.4. The molecule has 146 valence electrons. The van der Waals surface area contributed by atoms with Gasteiger partial charge in [-0.15, -0.1) is 21.5 Å². The number of nitrogens with one attached hydrogen (secondary N) is 1. The Bertz CT molecular complexity index is 983. The molecule has 6 nitrogen and oxygen atoms in total. The Morgan fingerprint density at radius 3 is 2.96 bits per heavy atom. The highest BCUT2D eigenvalue weighted by atomic mass is 35.5. The molecule has 0 bridgehead atoms. The zero-order valence-electron chi connectivity index (χ0n) is 15.7. The number of carbonyl (C=O) groups excluding carboxylic acids is 1. The first kappa shape index (κ1) is 19.1. The van der Waals surface area contributed by atoms with Crippen LogP contribution in [0.25, 0.3) is 11.5 Å². The maximum Gasteiger partial charge on any atom is 0.220 e. The van der Waals surface area contributed by atoms with Gasteiger partial charge >= 0.3 is 0 Å². The number of benzene rings is 1. The van der Waals surface area contributed by atoms with Crippen LogP contribution >= 0.6 is 22.9 Å². The van der Waals surface area contributed by atoms with Crippen molar-refractivity contribution in [2.45, 2.75) is 51.6 Å². The van der Waals surface area contributed by atoms with Crippen LogP contribution in [-0.2, 0) is 24.2 Å². The maximum absolute atomic E-state index is 12.4. The number of thiazole rings is 1. The second-order valence-electron chi connectivity index (χ2n) is 7.03. The van der Waals surface area contributed by atoms with Crippen molar-refractivity contribution in [1.29, 1.82) is 0 Å². The van der Waals surface area contributed by atoms with Crippen LogP contribution in [0.5, 0.6) is 0 Å². The molecule has 0 saturated carbocycles. The van der Waals surface area contributed by atoms with Crippen molar-refractivity contribution >= 4 is 28.8 Å². The highest BCUT2D eigenvalue weighted by Gasteiger charge is 2.23. The van der Waals surface area contributed by atoms with E-state index in [0.29, 0.717) is 17.9 Å². The third kappa shape index (κ3) is 4.25. The Morgan fingerprint density at radius 2 is 2.18 bits per heavy atom. The lowest BCUT2D eigenvalue weighted by Gasteiger charge is -2.16. The van der Waals surface area contributed by atoms with Crippen molar-refractivity contribution < 1.29 is 4.79 Å². The number of aromatic nitrogens is 4. The Balaban J connectivity index is 1.35. The molecule has 0 radical (unpaired) electrons. The van der Waals surface area contributed by atoms with E-state index in [4.69, 9.17) is 11.6 Å². The van der Waals surface area contributed by atoms with Gasteiger partial charge in [0.25, 0.3) is 0 Å². The van der Waals surface area contributed by atoms with Gasteiger partial charge in [0, 0.05) is 35.8 Å². The van der Waals surface area contributed by atoms with Gasteiger partial charge in [0.2, 0.25) is 5.91 Å². The lowest BCUT2D eigenvalue weighted by molar-refractivity contribution is -0.121. The predicted octanol–water partition coefficient (Wildman–Crippen LogP) is 3.82. The molecule has 3 aromatic rings. The van der Waals surface area contributed by atoms with Crippen LogP contribution in [-0.4, -0.2) is 31.7 Å². The van der Waals surface area contributed by atoms with Crippen molar-refractivity contribution in [3.8, 4) is 11.5 Å². The van der Waals surface area contributed by atoms with Crippen LogP contribution in [0.2, 0.25) is 5.02 Å². The van der Waals surface area contributed by atoms with E-state index in [1.165, 1.54) is 0 Å². The predicted molar refractivity (Wildman–Crippen MR) is 111 cm³/mol. The molecule has 1 aromatic carbocycles. The minimum atomic E-state index is 0.0675. The van der Waals surface area contributed by atoms with Crippen LogP contribution in [0.1, 0.15) is 35.7 Å². The van der Waals surface area contributed by atoms with Crippen LogP contribution in [0.4, 0.5) is 0 Å². The molecule has 0 fully saturated rings. The molecule has 2 aromatic heterocycles. The van der Waals surface area contributed by atoms with E-state index in [1.807, 2.05) is 36.6 Å². The summed E-state index contributed by atoms with van der Waals surface area (Å²) in [6.07, 6.45) is 3.61. The van der Waals surface area contributed by atoms with E-state index in [-0.39, 0.29) is 11.9 Å². The van der Waals surface area contributed by atoms with Gasteiger partial charge in [-0.05, 0) is 37.8 Å². The lowest BCUT2D eigenvalue weighted by atomic mass is 10.1. The topological polar surface area (TPSA) is 72.7 Å². The molecule has 3 heterocycles. The number of aryl methyl sites for hydroxylation is 3. The molecule has 28 heavy (non-hydrogen) atoms. The molecule has 1 aliphatic rings. The third-order valence-electron chi connectivity index (χ3n) is 5.04. The smallest absolute Gasteiger partial charge is 0.220 e. The molecule has 1 aliphatic heterocycles. The van der Waals surface area contributed by atoms with Crippen molar-refractivity contribution in [3.05, 3.63) is 51.1 Å². The molecule has 1 amide bonds. The Kier molecular flexibility index (Phi) is 5.73. The Hall–Kier alpha value is -2.25. The fraction of sp³-hybridized carbons (Fsp3) is 0.400. The Morgan fingerprint density at radius 1 is 1.32 bits per heavy atom. The second kappa shape index (κ2) is 8.41. The van der Waals surface area contributed by atoms with Gasteiger partial charge in [-0.2, -0.15) is 0 Å². The lowest BCUT2D eigenvalue weighted by Crippen LogP contribution is -2.35. The minimum absolute atomic E-state index is 0.0675. The van der Waals surface area contributed by atoms with E-state index in [0.717, 1.165) is 53.7 Å². The summed E-state index contributed by atoms with van der Waals surface area (Å²) in [5, 5.41) is 15.6. The Labute approximate surface area is 173 Å². The third-order valence-corrected chi connectivity index (χ3v) is 6.18. The first-order valence-electron chi connectivity index (χ1n) is 9.47. The minimum Gasteiger partial charge on any atom is -0.353 e. The van der Waals surface area contributed by atoms with Crippen molar-refractivity contribution in [1.82, 2.24) is 25.1 Å². The number of nitrogens with zero attached hydrogens (tertiary/aromatic N) is 4. The summed E-state index contributed by atoms with van der Waals surface area (Å²) >= 11 is 7.79. The summed E-state index contributed by atoms with van der Waals surface area (Å²) in [5.41, 5.74) is 1.89. The number of rotatable bonds is 5. The molecule has 4 rings (SSSR count). The SMILES string of the molecule is Cc1nc(-c2nnc3n2CCC(NC(=O)CCc2ccccc2Cl)CC3)cs1. The summed E-state index contributed by atoms with van der Waals surface area (Å²) < 4.78 is 2.14. The number of carbonyl (C=O) groups is 1. The second-order valence-corrected chi connectivity index (χ2v) is 8.50. The molecule has 8 heteroatoms. The molecular weight excluding hydrogens is 394 g/mol. The fourth-order valence-corrected chi connectivity index (χ4v) is 4.36. The van der Waals surface area contributed by atoms with Gasteiger partial charge < -0.3 is 9.88 Å². The monoisotopic (exact) mass is 415 g/mol. The highest BCUT2D eigenvalue weighted by Crippen LogP contribution is 2.24. The number of amides is 1. The van der Waals surface area contributed by atoms with Crippen molar-refractivity contribution in [2.24, 2.45) is 0 Å². The first-order valence-corrected chi connectivity index (χ1v) is 10.7. The van der Waals surface area contributed by atoms with Crippen molar-refractivity contribution in [3.63, 3.8) is 0 Å². The van der Waals surface area contributed by atoms with Crippen LogP contribution in [0.3, 0.4) is 0 Å². The molecule has 0 spiro atoms. The van der Waals surface area contributed by atoms with E-state index in [9.17, 15) is 4.79 Å². The number of halogens is 1. The largest absolute Gasteiger partial charge is 0.353 e.